The number of carbonyl (C=O) groups is 2. The summed E-state index contributed by atoms with van der Waals surface area (Å²) >= 11 is 0. The van der Waals surface area contributed by atoms with Crippen LogP contribution in [0, 0.1) is 5.41 Å². The number of benzene rings is 2. The average Bonchev–Trinajstić information content (AvgIpc) is 2.60. The molecular weight excluding hydrogens is 324 g/mol. The lowest BCUT2D eigenvalue weighted by molar-refractivity contribution is -0.133. The second-order valence-corrected chi connectivity index (χ2v) is 7.86. The van der Waals surface area contributed by atoms with Crippen molar-refractivity contribution in [3.8, 4) is 0 Å². The van der Waals surface area contributed by atoms with Gasteiger partial charge in [0.1, 0.15) is 0 Å². The molecule has 0 aliphatic heterocycles. The van der Waals surface area contributed by atoms with Gasteiger partial charge < -0.3 is 10.2 Å². The first-order valence-corrected chi connectivity index (χ1v) is 8.89. The van der Waals surface area contributed by atoms with Crippen LogP contribution in [-0.4, -0.2) is 23.8 Å². The van der Waals surface area contributed by atoms with E-state index in [-0.39, 0.29) is 23.3 Å². The van der Waals surface area contributed by atoms with Gasteiger partial charge in [-0.1, -0.05) is 51.1 Å². The largest absolute Gasteiger partial charge is 0.339 e. The topological polar surface area (TPSA) is 49.4 Å². The number of anilines is 1. The van der Waals surface area contributed by atoms with Crippen molar-refractivity contribution in [1.82, 2.24) is 4.90 Å². The molecule has 0 bridgehead atoms. The van der Waals surface area contributed by atoms with Crippen molar-refractivity contribution in [2.75, 3.05) is 12.4 Å². The van der Waals surface area contributed by atoms with E-state index in [9.17, 15) is 9.59 Å². The van der Waals surface area contributed by atoms with Crippen LogP contribution in [0.1, 0.15) is 56.1 Å². The Labute approximate surface area is 156 Å². The van der Waals surface area contributed by atoms with Crippen molar-refractivity contribution in [2.45, 2.75) is 40.2 Å². The van der Waals surface area contributed by atoms with Crippen LogP contribution in [-0.2, 0) is 4.79 Å². The zero-order valence-electron chi connectivity index (χ0n) is 16.2. The lowest BCUT2D eigenvalue weighted by Gasteiger charge is -2.29. The molecule has 2 aromatic rings. The number of nitrogens with one attached hydrogen (secondary N) is 1. The van der Waals surface area contributed by atoms with Crippen molar-refractivity contribution >= 4 is 17.5 Å². The van der Waals surface area contributed by atoms with Crippen LogP contribution in [0.3, 0.4) is 0 Å². The van der Waals surface area contributed by atoms with Crippen molar-refractivity contribution < 1.29 is 9.59 Å². The molecule has 26 heavy (non-hydrogen) atoms. The summed E-state index contributed by atoms with van der Waals surface area (Å²) in [6.45, 7) is 8.17. The predicted molar refractivity (Wildman–Crippen MR) is 106 cm³/mol. The zero-order chi connectivity index (χ0) is 19.3. The van der Waals surface area contributed by atoms with Gasteiger partial charge in [-0.25, -0.2) is 0 Å². The van der Waals surface area contributed by atoms with E-state index in [4.69, 9.17) is 0 Å². The number of amides is 2. The Morgan fingerprint density at radius 3 is 2.31 bits per heavy atom. The summed E-state index contributed by atoms with van der Waals surface area (Å²) < 4.78 is 0. The van der Waals surface area contributed by atoms with Crippen LogP contribution in [0.25, 0.3) is 0 Å². The van der Waals surface area contributed by atoms with Crippen LogP contribution in [0.2, 0.25) is 0 Å². The lowest BCUT2D eigenvalue weighted by Crippen LogP contribution is -2.32. The second-order valence-electron chi connectivity index (χ2n) is 7.86. The number of rotatable bonds is 5. The molecule has 138 valence electrons. The van der Waals surface area contributed by atoms with Gasteiger partial charge in [0, 0.05) is 24.7 Å². The van der Waals surface area contributed by atoms with Gasteiger partial charge in [0.05, 0.1) is 6.04 Å². The van der Waals surface area contributed by atoms with Gasteiger partial charge >= 0.3 is 0 Å². The highest BCUT2D eigenvalue weighted by molar-refractivity contribution is 6.04. The molecule has 1 N–H and O–H groups in total. The van der Waals surface area contributed by atoms with Gasteiger partial charge in [-0.2, -0.15) is 0 Å². The minimum atomic E-state index is -0.146. The van der Waals surface area contributed by atoms with Gasteiger partial charge in [-0.3, -0.25) is 9.59 Å². The summed E-state index contributed by atoms with van der Waals surface area (Å²) in [5.41, 5.74) is 2.28. The maximum atomic E-state index is 12.5. The fourth-order valence-electron chi connectivity index (χ4n) is 2.69. The molecule has 2 amide bonds. The number of nitrogens with zero attached hydrogens (tertiary/aromatic N) is 1. The Morgan fingerprint density at radius 1 is 1.04 bits per heavy atom. The Balaban J connectivity index is 2.10. The highest BCUT2D eigenvalue weighted by Gasteiger charge is 2.23. The normalized spacial score (nSPS) is 12.3. The maximum absolute atomic E-state index is 12.5. The summed E-state index contributed by atoms with van der Waals surface area (Å²) in [5, 5.41) is 2.92. The zero-order valence-corrected chi connectivity index (χ0v) is 16.2. The lowest BCUT2D eigenvalue weighted by atomic mass is 9.91. The summed E-state index contributed by atoms with van der Waals surface area (Å²) in [4.78, 5) is 26.6. The van der Waals surface area contributed by atoms with Gasteiger partial charge in [0.25, 0.3) is 5.91 Å². The first kappa shape index (κ1) is 19.7. The Bertz CT molecular complexity index is 763. The molecule has 0 fully saturated rings. The first-order valence-electron chi connectivity index (χ1n) is 8.89. The van der Waals surface area contributed by atoms with E-state index in [1.165, 1.54) is 0 Å². The van der Waals surface area contributed by atoms with Crippen LogP contribution < -0.4 is 5.32 Å². The molecule has 0 radical (unpaired) electrons. The minimum absolute atomic E-state index is 0.0451. The highest BCUT2D eigenvalue weighted by Crippen LogP contribution is 2.26. The number of hydrogen-bond donors (Lipinski definition) is 1. The molecule has 2 rings (SSSR count). The van der Waals surface area contributed by atoms with Gasteiger partial charge in [0.15, 0.2) is 0 Å². The maximum Gasteiger partial charge on any atom is 0.255 e. The molecule has 0 spiro atoms. The molecule has 0 aromatic heterocycles. The average molecular weight is 352 g/mol. The molecule has 0 unspecified atom stereocenters. The molecule has 1 atom stereocenters. The van der Waals surface area contributed by atoms with E-state index in [1.54, 1.807) is 17.0 Å². The standard InChI is InChI=1S/C22H28N2O2/c1-16(24(5)20(25)15-22(2,3)4)18-12-9-13-19(14-18)23-21(26)17-10-7-6-8-11-17/h6-14,16H,15H2,1-5H3,(H,23,26)/t16-/m1/s1. The van der Waals surface area contributed by atoms with Crippen molar-refractivity contribution in [3.05, 3.63) is 65.7 Å². The van der Waals surface area contributed by atoms with E-state index in [2.05, 4.69) is 26.1 Å². The van der Waals surface area contributed by atoms with Crippen molar-refractivity contribution in [3.63, 3.8) is 0 Å². The van der Waals surface area contributed by atoms with Crippen LogP contribution >= 0.6 is 0 Å². The first-order chi connectivity index (χ1) is 12.2. The molecule has 0 saturated carbocycles. The monoisotopic (exact) mass is 352 g/mol. The number of carbonyl (C=O) groups excluding carboxylic acids is 2. The summed E-state index contributed by atoms with van der Waals surface area (Å²) in [6, 6.07) is 16.7. The molecule has 0 aliphatic carbocycles. The molecular formula is C22H28N2O2. The van der Waals surface area contributed by atoms with Gasteiger partial charge in [-0.05, 0) is 42.2 Å². The van der Waals surface area contributed by atoms with E-state index in [0.29, 0.717) is 12.0 Å². The van der Waals surface area contributed by atoms with Gasteiger partial charge in [0.2, 0.25) is 5.91 Å². The van der Waals surface area contributed by atoms with Crippen LogP contribution in [0.15, 0.2) is 54.6 Å². The Morgan fingerprint density at radius 2 is 1.69 bits per heavy atom. The molecule has 2 aromatic carbocycles. The summed E-state index contributed by atoms with van der Waals surface area (Å²) in [6.07, 6.45) is 0.498. The van der Waals surface area contributed by atoms with E-state index < -0.39 is 0 Å². The quantitative estimate of drug-likeness (QED) is 0.832. The SMILES string of the molecule is C[C@H](c1cccc(NC(=O)c2ccccc2)c1)N(C)C(=O)CC(C)(C)C. The third kappa shape index (κ3) is 5.45. The third-order valence-corrected chi connectivity index (χ3v) is 4.32. The Hall–Kier alpha value is -2.62. The molecule has 4 heteroatoms. The molecule has 4 nitrogen and oxygen atoms in total. The van der Waals surface area contributed by atoms with E-state index in [0.717, 1.165) is 11.3 Å². The predicted octanol–water partition coefficient (Wildman–Crippen LogP) is 4.89. The van der Waals surface area contributed by atoms with Crippen molar-refractivity contribution in [1.29, 1.82) is 0 Å². The second kappa shape index (κ2) is 8.17. The molecule has 0 heterocycles. The van der Waals surface area contributed by atoms with Crippen molar-refractivity contribution in [2.24, 2.45) is 5.41 Å². The van der Waals surface area contributed by atoms with Crippen LogP contribution in [0.5, 0.6) is 0 Å². The van der Waals surface area contributed by atoms with E-state index in [1.807, 2.05) is 56.4 Å². The third-order valence-electron chi connectivity index (χ3n) is 4.32. The fraction of sp³-hybridized carbons (Fsp3) is 0.364. The van der Waals surface area contributed by atoms with Crippen LogP contribution in [0.4, 0.5) is 5.69 Å². The van der Waals surface area contributed by atoms with E-state index >= 15 is 0 Å². The number of hydrogen-bond acceptors (Lipinski definition) is 2. The highest BCUT2D eigenvalue weighted by atomic mass is 16.2. The smallest absolute Gasteiger partial charge is 0.255 e. The fourth-order valence-corrected chi connectivity index (χ4v) is 2.69. The minimum Gasteiger partial charge on any atom is -0.339 e. The summed E-state index contributed by atoms with van der Waals surface area (Å²) in [5.74, 6) is -0.0312. The Kier molecular flexibility index (Phi) is 6.19. The molecule has 0 aliphatic rings. The molecule has 0 saturated heterocycles. The summed E-state index contributed by atoms with van der Waals surface area (Å²) in [7, 11) is 1.83. The van der Waals surface area contributed by atoms with Gasteiger partial charge in [-0.15, -0.1) is 0 Å².